The molecule has 0 spiro atoms. The van der Waals surface area contributed by atoms with Gasteiger partial charge in [-0.3, -0.25) is 10.1 Å². The van der Waals surface area contributed by atoms with Gasteiger partial charge in [0.05, 0.1) is 4.92 Å². The van der Waals surface area contributed by atoms with Crippen LogP contribution in [0.2, 0.25) is 0 Å². The summed E-state index contributed by atoms with van der Waals surface area (Å²) in [6, 6.07) is 6.35. The molecule has 1 aromatic rings. The number of non-ortho nitro benzene ring substituents is 1. The SMILES string of the molecule is CC(NCC(NC(=O)OC(C)(C)C)C(C)C)c1cccc([N+](=O)[O-])c1. The lowest BCUT2D eigenvalue weighted by Crippen LogP contribution is -2.47. The molecule has 0 aliphatic heterocycles. The van der Waals surface area contributed by atoms with Gasteiger partial charge >= 0.3 is 6.09 Å². The van der Waals surface area contributed by atoms with Gasteiger partial charge in [-0.25, -0.2) is 4.79 Å². The molecule has 0 aliphatic rings. The fourth-order valence-electron chi connectivity index (χ4n) is 2.24. The van der Waals surface area contributed by atoms with E-state index in [9.17, 15) is 14.9 Å². The van der Waals surface area contributed by atoms with E-state index in [1.165, 1.54) is 6.07 Å². The highest BCUT2D eigenvalue weighted by Crippen LogP contribution is 2.19. The highest BCUT2D eigenvalue weighted by Gasteiger charge is 2.22. The Morgan fingerprint density at radius 1 is 1.28 bits per heavy atom. The number of rotatable bonds is 7. The van der Waals surface area contributed by atoms with Gasteiger partial charge in [0.25, 0.3) is 5.69 Å². The van der Waals surface area contributed by atoms with Crippen LogP contribution in [0, 0.1) is 16.0 Å². The van der Waals surface area contributed by atoms with Crippen molar-refractivity contribution in [3.63, 3.8) is 0 Å². The van der Waals surface area contributed by atoms with Gasteiger partial charge in [-0.1, -0.05) is 26.0 Å². The van der Waals surface area contributed by atoms with E-state index >= 15 is 0 Å². The fraction of sp³-hybridized carbons (Fsp3) is 0.611. The van der Waals surface area contributed by atoms with Crippen LogP contribution in [0.15, 0.2) is 24.3 Å². The number of nitrogens with zero attached hydrogens (tertiary/aromatic N) is 1. The third-order valence-electron chi connectivity index (χ3n) is 3.73. The van der Waals surface area contributed by atoms with E-state index < -0.39 is 16.6 Å². The molecule has 0 bridgehead atoms. The van der Waals surface area contributed by atoms with Crippen LogP contribution in [0.4, 0.5) is 10.5 Å². The minimum absolute atomic E-state index is 0.0680. The summed E-state index contributed by atoms with van der Waals surface area (Å²) in [5.74, 6) is 0.206. The number of nitro groups is 1. The number of hydrogen-bond donors (Lipinski definition) is 2. The summed E-state index contributed by atoms with van der Waals surface area (Å²) in [6.07, 6.45) is -0.448. The number of carbonyl (C=O) groups is 1. The number of alkyl carbamates (subject to hydrolysis) is 1. The van der Waals surface area contributed by atoms with Gasteiger partial charge in [-0.15, -0.1) is 0 Å². The monoisotopic (exact) mass is 351 g/mol. The zero-order chi connectivity index (χ0) is 19.2. The van der Waals surface area contributed by atoms with Crippen LogP contribution in [0.5, 0.6) is 0 Å². The summed E-state index contributed by atoms with van der Waals surface area (Å²) >= 11 is 0. The van der Waals surface area contributed by atoms with Crippen molar-refractivity contribution in [3.05, 3.63) is 39.9 Å². The number of hydrogen-bond acceptors (Lipinski definition) is 5. The Hall–Kier alpha value is -2.15. The Kier molecular flexibility index (Phi) is 7.36. The highest BCUT2D eigenvalue weighted by molar-refractivity contribution is 5.68. The van der Waals surface area contributed by atoms with E-state index in [0.29, 0.717) is 6.54 Å². The molecular formula is C18H29N3O4. The van der Waals surface area contributed by atoms with Gasteiger partial charge in [0.15, 0.2) is 0 Å². The van der Waals surface area contributed by atoms with Gasteiger partial charge < -0.3 is 15.4 Å². The van der Waals surface area contributed by atoms with Crippen molar-refractivity contribution in [2.45, 2.75) is 59.2 Å². The number of amides is 1. The number of nitro benzene ring substituents is 1. The van der Waals surface area contributed by atoms with Crippen LogP contribution in [0.1, 0.15) is 53.1 Å². The Morgan fingerprint density at radius 2 is 1.92 bits per heavy atom. The second-order valence-electron chi connectivity index (χ2n) is 7.48. The number of carbonyl (C=O) groups excluding carboxylic acids is 1. The summed E-state index contributed by atoms with van der Waals surface area (Å²) in [5.41, 5.74) is 0.349. The molecule has 0 fully saturated rings. The normalized spacial score (nSPS) is 14.0. The molecule has 0 saturated heterocycles. The fourth-order valence-corrected chi connectivity index (χ4v) is 2.24. The minimum Gasteiger partial charge on any atom is -0.444 e. The van der Waals surface area contributed by atoms with Crippen molar-refractivity contribution in [2.75, 3.05) is 6.54 Å². The first-order valence-electron chi connectivity index (χ1n) is 8.47. The smallest absolute Gasteiger partial charge is 0.407 e. The zero-order valence-corrected chi connectivity index (χ0v) is 15.8. The summed E-state index contributed by atoms with van der Waals surface area (Å²) in [7, 11) is 0. The van der Waals surface area contributed by atoms with Gasteiger partial charge in [-0.05, 0) is 39.2 Å². The van der Waals surface area contributed by atoms with Gasteiger partial charge in [0.2, 0.25) is 0 Å². The maximum atomic E-state index is 12.0. The Morgan fingerprint density at radius 3 is 2.44 bits per heavy atom. The van der Waals surface area contributed by atoms with Crippen LogP contribution in [0.3, 0.4) is 0 Å². The lowest BCUT2D eigenvalue weighted by Gasteiger charge is -2.27. The molecule has 0 aliphatic carbocycles. The van der Waals surface area contributed by atoms with Crippen LogP contribution >= 0.6 is 0 Å². The van der Waals surface area contributed by atoms with E-state index in [2.05, 4.69) is 10.6 Å². The molecule has 7 nitrogen and oxygen atoms in total. The summed E-state index contributed by atoms with van der Waals surface area (Å²) in [5, 5.41) is 17.1. The van der Waals surface area contributed by atoms with Crippen molar-refractivity contribution in [3.8, 4) is 0 Å². The molecule has 0 saturated carbocycles. The molecule has 1 amide bonds. The average molecular weight is 351 g/mol. The van der Waals surface area contributed by atoms with Gasteiger partial charge in [0, 0.05) is 30.8 Å². The first-order valence-corrected chi connectivity index (χ1v) is 8.47. The minimum atomic E-state index is -0.546. The van der Waals surface area contributed by atoms with Crippen molar-refractivity contribution < 1.29 is 14.5 Å². The van der Waals surface area contributed by atoms with Crippen molar-refractivity contribution in [1.29, 1.82) is 0 Å². The molecule has 2 atom stereocenters. The van der Waals surface area contributed by atoms with Gasteiger partial charge in [0.1, 0.15) is 5.60 Å². The average Bonchev–Trinajstić information content (AvgIpc) is 2.49. The van der Waals surface area contributed by atoms with E-state index in [-0.39, 0.29) is 23.7 Å². The van der Waals surface area contributed by atoms with Crippen LogP contribution < -0.4 is 10.6 Å². The molecule has 25 heavy (non-hydrogen) atoms. The van der Waals surface area contributed by atoms with Crippen molar-refractivity contribution >= 4 is 11.8 Å². The molecule has 2 unspecified atom stereocenters. The summed E-state index contributed by atoms with van der Waals surface area (Å²) in [4.78, 5) is 22.5. The van der Waals surface area contributed by atoms with Crippen LogP contribution in [0.25, 0.3) is 0 Å². The van der Waals surface area contributed by atoms with Crippen molar-refractivity contribution in [2.24, 2.45) is 5.92 Å². The lowest BCUT2D eigenvalue weighted by atomic mass is 10.0. The molecule has 2 N–H and O–H groups in total. The lowest BCUT2D eigenvalue weighted by molar-refractivity contribution is -0.384. The quantitative estimate of drug-likeness (QED) is 0.576. The van der Waals surface area contributed by atoms with E-state index in [4.69, 9.17) is 4.74 Å². The molecule has 0 heterocycles. The Bertz CT molecular complexity index is 596. The molecule has 7 heteroatoms. The van der Waals surface area contributed by atoms with E-state index in [1.807, 2.05) is 47.6 Å². The first kappa shape index (κ1) is 20.9. The Labute approximate surface area is 149 Å². The number of nitrogens with one attached hydrogen (secondary N) is 2. The third-order valence-corrected chi connectivity index (χ3v) is 3.73. The zero-order valence-electron chi connectivity index (χ0n) is 15.8. The number of ether oxygens (including phenoxy) is 1. The molecule has 1 rings (SSSR count). The maximum Gasteiger partial charge on any atom is 0.407 e. The maximum absolute atomic E-state index is 12.0. The molecule has 1 aromatic carbocycles. The largest absolute Gasteiger partial charge is 0.444 e. The van der Waals surface area contributed by atoms with Gasteiger partial charge in [-0.2, -0.15) is 0 Å². The second kappa shape index (κ2) is 8.80. The topological polar surface area (TPSA) is 93.5 Å². The standard InChI is InChI=1S/C18H29N3O4/c1-12(2)16(20-17(22)25-18(4,5)6)11-19-13(3)14-8-7-9-15(10-14)21(23)24/h7-10,12-13,16,19H,11H2,1-6H3,(H,20,22). The second-order valence-corrected chi connectivity index (χ2v) is 7.48. The van der Waals surface area contributed by atoms with E-state index in [1.54, 1.807) is 12.1 Å². The summed E-state index contributed by atoms with van der Waals surface area (Å²) < 4.78 is 5.30. The Balaban J connectivity index is 2.66. The highest BCUT2D eigenvalue weighted by atomic mass is 16.6. The third kappa shape index (κ3) is 7.51. The van der Waals surface area contributed by atoms with E-state index in [0.717, 1.165) is 5.56 Å². The first-order chi connectivity index (χ1) is 11.5. The van der Waals surface area contributed by atoms with Crippen molar-refractivity contribution in [1.82, 2.24) is 10.6 Å². The van der Waals surface area contributed by atoms with Crippen LogP contribution in [-0.4, -0.2) is 29.2 Å². The molecular weight excluding hydrogens is 322 g/mol. The molecule has 0 aromatic heterocycles. The number of benzene rings is 1. The predicted octanol–water partition coefficient (Wildman–Crippen LogP) is 3.79. The molecule has 0 radical (unpaired) electrons. The molecule has 140 valence electrons. The predicted molar refractivity (Wildman–Crippen MR) is 97.5 cm³/mol. The van der Waals surface area contributed by atoms with Crippen LogP contribution in [-0.2, 0) is 4.74 Å². The summed E-state index contributed by atoms with van der Waals surface area (Å²) in [6.45, 7) is 12.0.